The summed E-state index contributed by atoms with van der Waals surface area (Å²) in [6, 6.07) is 10.2. The molecule has 1 aromatic heterocycles. The Labute approximate surface area is 158 Å². The molecule has 3 aromatic rings. The lowest BCUT2D eigenvalue weighted by Gasteiger charge is -2.30. The third-order valence-corrected chi connectivity index (χ3v) is 4.86. The first kappa shape index (κ1) is 18.2. The number of hydrogen-bond donors (Lipinski definition) is 0. The van der Waals surface area contributed by atoms with Crippen molar-refractivity contribution in [3.05, 3.63) is 70.3 Å². The number of fused-ring (bicyclic) bond motifs is 2. The summed E-state index contributed by atoms with van der Waals surface area (Å²) in [5, 5.41) is 0.409. The molecule has 28 heavy (non-hydrogen) atoms. The van der Waals surface area contributed by atoms with E-state index >= 15 is 0 Å². The van der Waals surface area contributed by atoms with Crippen molar-refractivity contribution in [1.29, 1.82) is 0 Å². The molecule has 1 aliphatic heterocycles. The van der Waals surface area contributed by atoms with Crippen molar-refractivity contribution in [1.82, 2.24) is 9.55 Å². The molecule has 5 nitrogen and oxygen atoms in total. The molecule has 2 heterocycles. The van der Waals surface area contributed by atoms with E-state index in [9.17, 15) is 22.8 Å². The zero-order valence-corrected chi connectivity index (χ0v) is 14.7. The Morgan fingerprint density at radius 2 is 1.93 bits per heavy atom. The van der Waals surface area contributed by atoms with Gasteiger partial charge in [0.1, 0.15) is 6.54 Å². The van der Waals surface area contributed by atoms with E-state index in [1.165, 1.54) is 21.9 Å². The van der Waals surface area contributed by atoms with Gasteiger partial charge in [-0.05, 0) is 48.7 Å². The second-order valence-electron chi connectivity index (χ2n) is 6.68. The quantitative estimate of drug-likeness (QED) is 0.677. The lowest BCUT2D eigenvalue weighted by molar-refractivity contribution is -0.137. The molecule has 0 fully saturated rings. The molecule has 2 aromatic carbocycles. The maximum absolute atomic E-state index is 12.9. The number of hydrogen-bond acceptors (Lipinski definition) is 3. The molecule has 144 valence electrons. The van der Waals surface area contributed by atoms with Gasteiger partial charge in [0.2, 0.25) is 5.91 Å². The molecule has 0 unspecified atom stereocenters. The fourth-order valence-corrected chi connectivity index (χ4v) is 3.48. The largest absolute Gasteiger partial charge is 0.416 e. The summed E-state index contributed by atoms with van der Waals surface area (Å²) in [4.78, 5) is 31.0. The minimum Gasteiger partial charge on any atom is -0.311 e. The number of anilines is 1. The molecule has 0 radical (unpaired) electrons. The van der Waals surface area contributed by atoms with Crippen LogP contribution in [0.3, 0.4) is 0 Å². The molecule has 8 heteroatoms. The van der Waals surface area contributed by atoms with Crippen LogP contribution in [-0.2, 0) is 23.9 Å². The normalized spacial score (nSPS) is 14.2. The predicted molar refractivity (Wildman–Crippen MR) is 98.1 cm³/mol. The van der Waals surface area contributed by atoms with Crippen LogP contribution in [0, 0.1) is 0 Å². The number of halogens is 3. The number of aromatic nitrogens is 2. The number of rotatable bonds is 2. The van der Waals surface area contributed by atoms with Crippen molar-refractivity contribution in [2.45, 2.75) is 25.6 Å². The van der Waals surface area contributed by atoms with Crippen LogP contribution in [0.5, 0.6) is 0 Å². The number of alkyl halides is 3. The van der Waals surface area contributed by atoms with E-state index in [-0.39, 0.29) is 18.0 Å². The maximum Gasteiger partial charge on any atom is 0.416 e. The van der Waals surface area contributed by atoms with E-state index in [1.54, 1.807) is 24.3 Å². The Morgan fingerprint density at radius 1 is 1.14 bits per heavy atom. The van der Waals surface area contributed by atoms with Crippen LogP contribution >= 0.6 is 0 Å². The van der Waals surface area contributed by atoms with Gasteiger partial charge in [0.15, 0.2) is 0 Å². The molecule has 0 saturated heterocycles. The second-order valence-corrected chi connectivity index (χ2v) is 6.68. The topological polar surface area (TPSA) is 55.2 Å². The van der Waals surface area contributed by atoms with Crippen LogP contribution in [0.4, 0.5) is 18.9 Å². The van der Waals surface area contributed by atoms with Gasteiger partial charge in [-0.2, -0.15) is 13.2 Å². The van der Waals surface area contributed by atoms with Gasteiger partial charge in [-0.1, -0.05) is 12.1 Å². The Balaban J connectivity index is 1.64. The van der Waals surface area contributed by atoms with Crippen LogP contribution in [-0.4, -0.2) is 22.0 Å². The van der Waals surface area contributed by atoms with Crippen molar-refractivity contribution < 1.29 is 18.0 Å². The number of benzene rings is 2. The average Bonchev–Trinajstić information content (AvgIpc) is 2.68. The minimum atomic E-state index is -4.43. The van der Waals surface area contributed by atoms with E-state index in [2.05, 4.69) is 4.98 Å². The SMILES string of the molecule is O=C(Cn1cnc2ccccc2c1=O)N1CCCc2cc(C(F)(F)F)ccc21. The lowest BCUT2D eigenvalue weighted by atomic mass is 9.99. The number of nitrogens with zero attached hydrogens (tertiary/aromatic N) is 3. The smallest absolute Gasteiger partial charge is 0.311 e. The van der Waals surface area contributed by atoms with Crippen molar-refractivity contribution in [2.24, 2.45) is 0 Å². The lowest BCUT2D eigenvalue weighted by Crippen LogP contribution is -2.39. The van der Waals surface area contributed by atoms with E-state index in [4.69, 9.17) is 0 Å². The van der Waals surface area contributed by atoms with E-state index in [0.717, 1.165) is 12.1 Å². The summed E-state index contributed by atoms with van der Waals surface area (Å²) >= 11 is 0. The number of aryl methyl sites for hydroxylation is 1. The van der Waals surface area contributed by atoms with Crippen molar-refractivity contribution in [3.63, 3.8) is 0 Å². The van der Waals surface area contributed by atoms with Crippen LogP contribution in [0.2, 0.25) is 0 Å². The van der Waals surface area contributed by atoms with Gasteiger partial charge < -0.3 is 4.90 Å². The summed E-state index contributed by atoms with van der Waals surface area (Å²) in [7, 11) is 0. The molecule has 0 spiro atoms. The number of carbonyl (C=O) groups is 1. The van der Waals surface area contributed by atoms with Crippen LogP contribution in [0.1, 0.15) is 17.5 Å². The first-order valence-corrected chi connectivity index (χ1v) is 8.79. The average molecular weight is 387 g/mol. The summed E-state index contributed by atoms with van der Waals surface area (Å²) in [6.45, 7) is 0.171. The molecule has 0 N–H and O–H groups in total. The fourth-order valence-electron chi connectivity index (χ4n) is 3.48. The molecule has 0 aliphatic carbocycles. The Bertz CT molecular complexity index is 1120. The first-order valence-electron chi connectivity index (χ1n) is 8.79. The van der Waals surface area contributed by atoms with Gasteiger partial charge in [-0.3, -0.25) is 14.2 Å². The minimum absolute atomic E-state index is 0.225. The van der Waals surface area contributed by atoms with Crippen LogP contribution in [0.15, 0.2) is 53.6 Å². The van der Waals surface area contributed by atoms with Gasteiger partial charge in [0, 0.05) is 12.2 Å². The van der Waals surface area contributed by atoms with Gasteiger partial charge in [-0.15, -0.1) is 0 Å². The monoisotopic (exact) mass is 387 g/mol. The molecule has 1 aliphatic rings. The summed E-state index contributed by atoms with van der Waals surface area (Å²) in [5.74, 6) is -0.361. The summed E-state index contributed by atoms with van der Waals surface area (Å²) < 4.78 is 40.1. The highest BCUT2D eigenvalue weighted by molar-refractivity contribution is 5.94. The molecule has 0 saturated carbocycles. The Hall–Kier alpha value is -3.16. The third-order valence-electron chi connectivity index (χ3n) is 4.86. The highest BCUT2D eigenvalue weighted by Crippen LogP contribution is 2.35. The highest BCUT2D eigenvalue weighted by Gasteiger charge is 2.32. The van der Waals surface area contributed by atoms with Crippen molar-refractivity contribution >= 4 is 22.5 Å². The standard InChI is InChI=1S/C20H16F3N3O2/c21-20(22,23)14-7-8-17-13(10-14)4-3-9-26(17)18(27)11-25-12-24-16-6-2-1-5-15(16)19(25)28/h1-2,5-8,10,12H,3-4,9,11H2. The van der Waals surface area contributed by atoms with Gasteiger partial charge in [0.05, 0.1) is 22.8 Å². The highest BCUT2D eigenvalue weighted by atomic mass is 19.4. The molecular formula is C20H16F3N3O2. The summed E-state index contributed by atoms with van der Waals surface area (Å²) in [5.41, 5.74) is 0.433. The second kappa shape index (κ2) is 6.78. The van der Waals surface area contributed by atoms with Gasteiger partial charge in [-0.25, -0.2) is 4.98 Å². The predicted octanol–water partition coefficient (Wildman–Crippen LogP) is 3.39. The maximum atomic E-state index is 12.9. The number of carbonyl (C=O) groups excluding carboxylic acids is 1. The van der Waals surface area contributed by atoms with Crippen LogP contribution < -0.4 is 10.5 Å². The molecule has 0 atom stereocenters. The molecule has 0 bridgehead atoms. The zero-order valence-electron chi connectivity index (χ0n) is 14.7. The third kappa shape index (κ3) is 3.26. The molecule has 4 rings (SSSR count). The Morgan fingerprint density at radius 3 is 2.71 bits per heavy atom. The van der Waals surface area contributed by atoms with Crippen LogP contribution in [0.25, 0.3) is 10.9 Å². The van der Waals surface area contributed by atoms with Crippen molar-refractivity contribution in [2.75, 3.05) is 11.4 Å². The number of para-hydroxylation sites is 1. The van der Waals surface area contributed by atoms with E-state index < -0.39 is 11.7 Å². The molecule has 1 amide bonds. The summed E-state index contributed by atoms with van der Waals surface area (Å²) in [6.07, 6.45) is -2.07. The number of amides is 1. The Kier molecular flexibility index (Phi) is 4.41. The van der Waals surface area contributed by atoms with E-state index in [1.807, 2.05) is 0 Å². The van der Waals surface area contributed by atoms with Gasteiger partial charge in [0.25, 0.3) is 5.56 Å². The van der Waals surface area contributed by atoms with Crippen molar-refractivity contribution in [3.8, 4) is 0 Å². The fraction of sp³-hybridized carbons (Fsp3) is 0.250. The van der Waals surface area contributed by atoms with E-state index in [0.29, 0.717) is 41.5 Å². The first-order chi connectivity index (χ1) is 13.3. The molecular weight excluding hydrogens is 371 g/mol. The zero-order chi connectivity index (χ0) is 19.9. The van der Waals surface area contributed by atoms with Gasteiger partial charge >= 0.3 is 6.18 Å².